The van der Waals surface area contributed by atoms with Gasteiger partial charge in [0.25, 0.3) is 0 Å². The fourth-order valence-electron chi connectivity index (χ4n) is 8.25. The molecular formula is C49H50F3N7O. The normalized spacial score (nSPS) is 15.8. The maximum atomic E-state index is 15.0. The second kappa shape index (κ2) is 18.3. The number of anilines is 2. The van der Waals surface area contributed by atoms with Gasteiger partial charge in [-0.25, -0.2) is 4.98 Å². The number of pyridine rings is 1. The van der Waals surface area contributed by atoms with E-state index in [9.17, 15) is 13.2 Å². The molecule has 0 unspecified atom stereocenters. The molecule has 2 aliphatic rings. The number of para-hydroxylation sites is 1. The summed E-state index contributed by atoms with van der Waals surface area (Å²) in [6.07, 6.45) is 3.40. The minimum Gasteiger partial charge on any atom is -0.368 e. The topological polar surface area (TPSA) is 62.0 Å². The van der Waals surface area contributed by atoms with Crippen LogP contribution in [0, 0.1) is 0 Å². The number of nitrogens with one attached hydrogen (secondary N) is 1. The Morgan fingerprint density at radius 2 is 1.45 bits per heavy atom. The van der Waals surface area contributed by atoms with Crippen molar-refractivity contribution >= 4 is 34.4 Å². The van der Waals surface area contributed by atoms with Gasteiger partial charge in [0.1, 0.15) is 11.9 Å². The van der Waals surface area contributed by atoms with E-state index >= 15 is 4.79 Å². The van der Waals surface area contributed by atoms with E-state index in [4.69, 9.17) is 0 Å². The van der Waals surface area contributed by atoms with Crippen molar-refractivity contribution in [2.45, 2.75) is 31.7 Å². The molecule has 0 aliphatic carbocycles. The lowest BCUT2D eigenvalue weighted by Gasteiger charge is -2.40. The van der Waals surface area contributed by atoms with Gasteiger partial charge in [-0.3, -0.25) is 9.69 Å². The number of carbonyl (C=O) groups is 1. The number of H-pyrrole nitrogens is 1. The summed E-state index contributed by atoms with van der Waals surface area (Å²) in [5, 5.41) is 1.06. The zero-order valence-corrected chi connectivity index (χ0v) is 33.6. The van der Waals surface area contributed by atoms with Crippen molar-refractivity contribution in [2.75, 3.05) is 62.2 Å². The molecular weight excluding hydrogens is 760 g/mol. The van der Waals surface area contributed by atoms with Crippen LogP contribution in [0.25, 0.3) is 17.0 Å². The highest BCUT2D eigenvalue weighted by Gasteiger charge is 2.34. The van der Waals surface area contributed by atoms with Crippen molar-refractivity contribution < 1.29 is 18.0 Å². The third-order valence-electron chi connectivity index (χ3n) is 11.7. The van der Waals surface area contributed by atoms with Crippen molar-refractivity contribution in [3.63, 3.8) is 0 Å². The van der Waals surface area contributed by atoms with Crippen LogP contribution in [-0.2, 0) is 30.5 Å². The van der Waals surface area contributed by atoms with Crippen LogP contribution in [0.3, 0.4) is 0 Å². The molecule has 0 saturated carbocycles. The first-order valence-electron chi connectivity index (χ1n) is 20.6. The second-order valence-corrected chi connectivity index (χ2v) is 15.6. The van der Waals surface area contributed by atoms with Crippen molar-refractivity contribution in [3.05, 3.63) is 180 Å². The van der Waals surface area contributed by atoms with Crippen LogP contribution >= 0.6 is 0 Å². The largest absolute Gasteiger partial charge is 0.416 e. The molecule has 2 aliphatic heterocycles. The molecule has 1 atom stereocenters. The molecule has 2 aromatic heterocycles. The van der Waals surface area contributed by atoms with Crippen LogP contribution in [0.1, 0.15) is 27.8 Å². The highest BCUT2D eigenvalue weighted by Crippen LogP contribution is 2.30. The van der Waals surface area contributed by atoms with Gasteiger partial charge in [0.05, 0.1) is 5.56 Å². The van der Waals surface area contributed by atoms with E-state index in [2.05, 4.69) is 90.7 Å². The van der Waals surface area contributed by atoms with Crippen LogP contribution in [0.2, 0.25) is 0 Å². The summed E-state index contributed by atoms with van der Waals surface area (Å²) in [4.78, 5) is 34.1. The summed E-state index contributed by atoms with van der Waals surface area (Å²) >= 11 is 0. The number of alkyl halides is 3. The van der Waals surface area contributed by atoms with Gasteiger partial charge in [0.2, 0.25) is 5.91 Å². The molecule has 0 radical (unpaired) electrons. The Labute approximate surface area is 349 Å². The zero-order valence-electron chi connectivity index (χ0n) is 33.6. The van der Waals surface area contributed by atoms with Crippen molar-refractivity contribution in [3.8, 4) is 0 Å². The predicted molar refractivity (Wildman–Crippen MR) is 234 cm³/mol. The first kappa shape index (κ1) is 40.4. The standard InChI is InChI=1S/C49H50F3N7O/c1-37(14-15-38-16-20-42(21-17-38)49(50,51)52)59(36-40-18-22-43(23-19-40)56-29-31-57(32-30-56)47-13-7-8-24-53-47)46(33-41-34-54-45-12-6-5-11-44(41)45)48(60)58-27-25-55(26-28-58)35-39-9-3-2-4-10-39/h2-24,34,46,54H,1,25-33,35-36H2/b15-14+/t46-/m0/s1. The number of aromatic amines is 1. The summed E-state index contributed by atoms with van der Waals surface area (Å²) in [6.45, 7) is 11.9. The number of allylic oxidation sites excluding steroid dienone is 1. The maximum Gasteiger partial charge on any atom is 0.416 e. The highest BCUT2D eigenvalue weighted by molar-refractivity contribution is 5.86. The molecule has 8 rings (SSSR count). The van der Waals surface area contributed by atoms with Gasteiger partial charge >= 0.3 is 6.18 Å². The van der Waals surface area contributed by atoms with E-state index < -0.39 is 17.8 Å². The number of nitrogens with zero attached hydrogens (tertiary/aromatic N) is 6. The van der Waals surface area contributed by atoms with Crippen LogP contribution < -0.4 is 9.80 Å². The molecule has 60 heavy (non-hydrogen) atoms. The van der Waals surface area contributed by atoms with Crippen molar-refractivity contribution in [1.29, 1.82) is 0 Å². The van der Waals surface area contributed by atoms with E-state index in [-0.39, 0.29) is 5.91 Å². The summed E-state index contributed by atoms with van der Waals surface area (Å²) in [5.74, 6) is 1.01. The number of rotatable bonds is 13. The van der Waals surface area contributed by atoms with E-state index in [1.807, 2.05) is 65.8 Å². The molecule has 0 bridgehead atoms. The fraction of sp³-hybridized carbons (Fsp3) is 0.265. The van der Waals surface area contributed by atoms with Gasteiger partial charge in [-0.05, 0) is 70.8 Å². The van der Waals surface area contributed by atoms with Gasteiger partial charge in [0, 0.05) is 107 Å². The molecule has 4 aromatic carbocycles. The molecule has 8 nitrogen and oxygen atoms in total. The number of hydrogen-bond donors (Lipinski definition) is 1. The number of amides is 1. The Morgan fingerprint density at radius 1 is 0.767 bits per heavy atom. The Kier molecular flexibility index (Phi) is 12.3. The Hall–Kier alpha value is -6.33. The lowest BCUT2D eigenvalue weighted by atomic mass is 10.00. The van der Waals surface area contributed by atoms with Crippen LogP contribution in [0.4, 0.5) is 24.7 Å². The van der Waals surface area contributed by atoms with Gasteiger partial charge in [0.15, 0.2) is 0 Å². The monoisotopic (exact) mass is 809 g/mol. The molecule has 2 fully saturated rings. The molecule has 1 amide bonds. The Morgan fingerprint density at radius 3 is 2.15 bits per heavy atom. The fourth-order valence-corrected chi connectivity index (χ4v) is 8.25. The maximum absolute atomic E-state index is 15.0. The number of aromatic nitrogens is 2. The van der Waals surface area contributed by atoms with Crippen LogP contribution in [-0.4, -0.2) is 89.0 Å². The number of benzene rings is 4. The molecule has 2 saturated heterocycles. The van der Waals surface area contributed by atoms with Gasteiger partial charge in [-0.1, -0.05) is 91.5 Å². The van der Waals surface area contributed by atoms with Crippen LogP contribution in [0.15, 0.2) is 152 Å². The van der Waals surface area contributed by atoms with E-state index in [0.29, 0.717) is 37.3 Å². The SMILES string of the molecule is C=C(/C=C/c1ccc(C(F)(F)F)cc1)N(Cc1ccc(N2CCN(c3ccccn3)CC2)cc1)[C@@H](Cc1c[nH]c2ccccc12)C(=O)N1CCN(Cc2ccccc2)CC1. The van der Waals surface area contributed by atoms with Crippen molar-refractivity contribution in [1.82, 2.24) is 24.7 Å². The first-order valence-corrected chi connectivity index (χ1v) is 20.6. The number of carbonyl (C=O) groups excluding carboxylic acids is 1. The summed E-state index contributed by atoms with van der Waals surface area (Å²) < 4.78 is 40.1. The molecule has 6 aromatic rings. The number of piperazine rings is 2. The predicted octanol–water partition coefficient (Wildman–Crippen LogP) is 8.89. The third kappa shape index (κ3) is 9.75. The summed E-state index contributed by atoms with van der Waals surface area (Å²) in [6, 6.07) is 37.5. The highest BCUT2D eigenvalue weighted by atomic mass is 19.4. The van der Waals surface area contributed by atoms with E-state index in [1.54, 1.807) is 6.08 Å². The average molecular weight is 810 g/mol. The van der Waals surface area contributed by atoms with E-state index in [0.717, 1.165) is 91.5 Å². The lowest BCUT2D eigenvalue weighted by Crippen LogP contribution is -2.55. The summed E-state index contributed by atoms with van der Waals surface area (Å²) in [5.41, 5.74) is 5.90. The minimum atomic E-state index is -4.42. The zero-order chi connectivity index (χ0) is 41.5. The molecule has 4 heterocycles. The molecule has 0 spiro atoms. The minimum absolute atomic E-state index is 0.0196. The first-order chi connectivity index (χ1) is 29.2. The second-order valence-electron chi connectivity index (χ2n) is 15.6. The molecule has 1 N–H and O–H groups in total. The Balaban J connectivity index is 1.06. The number of halogens is 3. The quantitative estimate of drug-likeness (QED) is 0.118. The van der Waals surface area contributed by atoms with Crippen LogP contribution in [0.5, 0.6) is 0 Å². The van der Waals surface area contributed by atoms with Crippen molar-refractivity contribution in [2.24, 2.45) is 0 Å². The van der Waals surface area contributed by atoms with Gasteiger partial charge in [-0.15, -0.1) is 0 Å². The molecule has 11 heteroatoms. The summed E-state index contributed by atoms with van der Waals surface area (Å²) in [7, 11) is 0. The average Bonchev–Trinajstić information content (AvgIpc) is 3.70. The Bertz CT molecular complexity index is 2360. The van der Waals surface area contributed by atoms with Gasteiger partial charge in [-0.2, -0.15) is 13.2 Å². The lowest BCUT2D eigenvalue weighted by molar-refractivity contribution is -0.138. The third-order valence-corrected chi connectivity index (χ3v) is 11.7. The smallest absolute Gasteiger partial charge is 0.368 e. The number of fused-ring (bicyclic) bond motifs is 1. The van der Waals surface area contributed by atoms with Gasteiger partial charge < -0.3 is 24.6 Å². The van der Waals surface area contributed by atoms with E-state index in [1.165, 1.54) is 17.7 Å². The molecule has 308 valence electrons. The number of hydrogen-bond acceptors (Lipinski definition) is 6.